The molecule has 4 heterocycles. The highest BCUT2D eigenvalue weighted by atomic mass is 35.5. The molecule has 8 nitrogen and oxygen atoms in total. The summed E-state index contributed by atoms with van der Waals surface area (Å²) in [6.07, 6.45) is 3.75. The lowest BCUT2D eigenvalue weighted by molar-refractivity contribution is -0.0705. The zero-order valence-corrected chi connectivity index (χ0v) is 20.8. The van der Waals surface area contributed by atoms with Crippen LogP contribution in [0.4, 0.5) is 10.2 Å². The number of fused-ring (bicyclic) bond motifs is 3. The molecule has 0 N–H and O–H groups in total. The first-order valence-corrected chi connectivity index (χ1v) is 12.1. The lowest BCUT2D eigenvalue weighted by Crippen LogP contribution is -2.44. The van der Waals surface area contributed by atoms with Crippen LogP contribution >= 0.6 is 11.6 Å². The van der Waals surface area contributed by atoms with Crippen LogP contribution in [-0.2, 0) is 17.8 Å². The standard InChI is InChI=1S/C25H28ClFN6O2/c1-5-34-23-21(26)7-18(8-22(23)27)13-32-17(4)33-25(29-14-30-33)20-6-19(9-28-24(20)32)12-31-10-15(2)35-16(3)11-31/h6-9,14-16H,4-5,10-13H2,1-3H3/t15-,16+. The number of aromatic nitrogens is 4. The number of benzene rings is 1. The molecule has 2 aromatic heterocycles. The zero-order chi connectivity index (χ0) is 24.7. The summed E-state index contributed by atoms with van der Waals surface area (Å²) in [5.74, 6) is 1.50. The van der Waals surface area contributed by atoms with Gasteiger partial charge in [-0.1, -0.05) is 18.2 Å². The van der Waals surface area contributed by atoms with Crippen molar-refractivity contribution in [3.8, 4) is 17.1 Å². The first-order valence-electron chi connectivity index (χ1n) is 11.7. The lowest BCUT2D eigenvalue weighted by Gasteiger charge is -2.35. The fourth-order valence-electron chi connectivity index (χ4n) is 4.82. The number of hydrogen-bond acceptors (Lipinski definition) is 7. The van der Waals surface area contributed by atoms with Crippen LogP contribution in [0.25, 0.3) is 17.2 Å². The van der Waals surface area contributed by atoms with Gasteiger partial charge in [0.05, 0.1) is 35.9 Å². The molecule has 1 aromatic carbocycles. The van der Waals surface area contributed by atoms with Gasteiger partial charge in [0.1, 0.15) is 18.0 Å². The predicted octanol–water partition coefficient (Wildman–Crippen LogP) is 4.59. The van der Waals surface area contributed by atoms with Gasteiger partial charge in [0.15, 0.2) is 17.4 Å². The summed E-state index contributed by atoms with van der Waals surface area (Å²) < 4.78 is 27.5. The van der Waals surface area contributed by atoms with Crippen LogP contribution in [0.15, 0.2) is 37.3 Å². The Hall–Kier alpha value is -3.01. The van der Waals surface area contributed by atoms with Gasteiger partial charge in [0.2, 0.25) is 0 Å². The van der Waals surface area contributed by atoms with Gasteiger partial charge in [0, 0.05) is 25.8 Å². The molecule has 5 rings (SSSR count). The monoisotopic (exact) mass is 498 g/mol. The van der Waals surface area contributed by atoms with E-state index < -0.39 is 5.82 Å². The van der Waals surface area contributed by atoms with Gasteiger partial charge >= 0.3 is 0 Å². The van der Waals surface area contributed by atoms with E-state index in [4.69, 9.17) is 26.1 Å². The second kappa shape index (κ2) is 9.56. The topological polar surface area (TPSA) is 68.5 Å². The van der Waals surface area contributed by atoms with E-state index >= 15 is 0 Å². The van der Waals surface area contributed by atoms with Crippen molar-refractivity contribution < 1.29 is 13.9 Å². The molecule has 0 unspecified atom stereocenters. The molecular weight excluding hydrogens is 471 g/mol. The zero-order valence-electron chi connectivity index (χ0n) is 20.0. The van der Waals surface area contributed by atoms with Crippen molar-refractivity contribution >= 4 is 23.2 Å². The maximum absolute atomic E-state index is 14.7. The van der Waals surface area contributed by atoms with Gasteiger partial charge < -0.3 is 14.4 Å². The van der Waals surface area contributed by atoms with Gasteiger partial charge in [0.25, 0.3) is 0 Å². The summed E-state index contributed by atoms with van der Waals surface area (Å²) in [6.45, 7) is 13.3. The maximum Gasteiger partial charge on any atom is 0.173 e. The van der Waals surface area contributed by atoms with Crippen LogP contribution in [0.1, 0.15) is 31.9 Å². The molecule has 0 radical (unpaired) electrons. The van der Waals surface area contributed by atoms with Gasteiger partial charge in [-0.25, -0.2) is 14.4 Å². The highest BCUT2D eigenvalue weighted by molar-refractivity contribution is 6.32. The molecule has 0 saturated carbocycles. The second-order valence-electron chi connectivity index (χ2n) is 8.99. The van der Waals surface area contributed by atoms with Crippen molar-refractivity contribution in [2.24, 2.45) is 0 Å². The van der Waals surface area contributed by atoms with E-state index in [1.165, 1.54) is 12.4 Å². The molecule has 2 atom stereocenters. The van der Waals surface area contributed by atoms with Gasteiger partial charge in [-0.3, -0.25) is 4.90 Å². The van der Waals surface area contributed by atoms with E-state index in [2.05, 4.69) is 41.5 Å². The van der Waals surface area contributed by atoms with E-state index in [9.17, 15) is 4.39 Å². The molecule has 1 fully saturated rings. The number of ether oxygens (including phenoxy) is 2. The Bertz CT molecular complexity index is 1230. The Morgan fingerprint density at radius 3 is 2.63 bits per heavy atom. The average molecular weight is 499 g/mol. The quantitative estimate of drug-likeness (QED) is 0.492. The van der Waals surface area contributed by atoms with Crippen LogP contribution in [0.3, 0.4) is 0 Å². The largest absolute Gasteiger partial charge is 0.489 e. The number of halogens is 2. The summed E-state index contributed by atoms with van der Waals surface area (Å²) in [5, 5.41) is 4.58. The fraction of sp³-hybridized carbons (Fsp3) is 0.400. The van der Waals surface area contributed by atoms with Crippen molar-refractivity contribution in [2.75, 3.05) is 24.6 Å². The summed E-state index contributed by atoms with van der Waals surface area (Å²) in [4.78, 5) is 13.5. The van der Waals surface area contributed by atoms with Gasteiger partial charge in [-0.15, -0.1) is 0 Å². The van der Waals surface area contributed by atoms with Crippen molar-refractivity contribution in [3.05, 3.63) is 59.3 Å². The van der Waals surface area contributed by atoms with Gasteiger partial charge in [-0.05, 0) is 50.1 Å². The first kappa shape index (κ1) is 23.7. The molecule has 10 heteroatoms. The summed E-state index contributed by atoms with van der Waals surface area (Å²) >= 11 is 6.30. The van der Waals surface area contributed by atoms with Crippen LogP contribution in [0.2, 0.25) is 5.02 Å². The minimum Gasteiger partial charge on any atom is -0.489 e. The van der Waals surface area contributed by atoms with Crippen molar-refractivity contribution in [3.63, 3.8) is 0 Å². The van der Waals surface area contributed by atoms with Crippen molar-refractivity contribution in [1.82, 2.24) is 24.6 Å². The fourth-order valence-corrected chi connectivity index (χ4v) is 5.11. The van der Waals surface area contributed by atoms with Gasteiger partial charge in [-0.2, -0.15) is 9.78 Å². The highest BCUT2D eigenvalue weighted by Crippen LogP contribution is 2.39. The number of hydrogen-bond donors (Lipinski definition) is 0. The van der Waals surface area contributed by atoms with Crippen LogP contribution in [-0.4, -0.2) is 56.6 Å². The third kappa shape index (κ3) is 4.63. The summed E-state index contributed by atoms with van der Waals surface area (Å²) in [5.41, 5.74) is 2.58. The average Bonchev–Trinajstić information content (AvgIpc) is 3.29. The molecule has 3 aromatic rings. The van der Waals surface area contributed by atoms with E-state index in [1.54, 1.807) is 17.7 Å². The Kier molecular flexibility index (Phi) is 6.48. The van der Waals surface area contributed by atoms with Crippen molar-refractivity contribution in [2.45, 2.75) is 46.1 Å². The summed E-state index contributed by atoms with van der Waals surface area (Å²) in [6, 6.07) is 5.23. The number of morpholine rings is 1. The third-order valence-corrected chi connectivity index (χ3v) is 6.39. The molecule has 0 aliphatic carbocycles. The van der Waals surface area contributed by atoms with E-state index in [1.807, 2.05) is 11.1 Å². The Morgan fingerprint density at radius 2 is 1.91 bits per heavy atom. The molecule has 0 bridgehead atoms. The number of anilines is 1. The van der Waals surface area contributed by atoms with E-state index in [0.717, 1.165) is 30.8 Å². The Morgan fingerprint density at radius 1 is 1.14 bits per heavy atom. The molecule has 2 aliphatic rings. The Labute approximate surface area is 208 Å². The third-order valence-electron chi connectivity index (χ3n) is 6.11. The first-order chi connectivity index (χ1) is 16.8. The maximum atomic E-state index is 14.7. The minimum absolute atomic E-state index is 0.0591. The molecular formula is C25H28ClFN6O2. The number of rotatable bonds is 6. The van der Waals surface area contributed by atoms with Crippen molar-refractivity contribution in [1.29, 1.82) is 0 Å². The number of nitrogens with zero attached hydrogens (tertiary/aromatic N) is 6. The molecule has 184 valence electrons. The smallest absolute Gasteiger partial charge is 0.173 e. The molecule has 1 saturated heterocycles. The Balaban J connectivity index is 1.46. The van der Waals surface area contributed by atoms with Crippen LogP contribution in [0, 0.1) is 5.82 Å². The molecule has 2 aliphatic heterocycles. The van der Waals surface area contributed by atoms with Crippen LogP contribution in [0.5, 0.6) is 5.75 Å². The van der Waals surface area contributed by atoms with Crippen LogP contribution < -0.4 is 9.64 Å². The lowest BCUT2D eigenvalue weighted by atomic mass is 10.1. The molecule has 35 heavy (non-hydrogen) atoms. The minimum atomic E-state index is -0.504. The SMILES string of the molecule is C=C1N(Cc2cc(F)c(OCC)c(Cl)c2)c2ncc(CN3C[C@@H](C)O[C@@H](C)C3)cc2-c2ncnn21. The van der Waals surface area contributed by atoms with E-state index in [0.29, 0.717) is 36.2 Å². The second-order valence-corrected chi connectivity index (χ2v) is 9.39. The highest BCUT2D eigenvalue weighted by Gasteiger charge is 2.30. The molecule has 0 spiro atoms. The summed E-state index contributed by atoms with van der Waals surface area (Å²) in [7, 11) is 0. The number of pyridine rings is 1. The van der Waals surface area contributed by atoms with E-state index in [-0.39, 0.29) is 23.0 Å². The predicted molar refractivity (Wildman–Crippen MR) is 133 cm³/mol. The molecule has 0 amide bonds. The normalized spacial score (nSPS) is 20.0.